The van der Waals surface area contributed by atoms with Gasteiger partial charge in [0.15, 0.2) is 0 Å². The molecule has 1 unspecified atom stereocenters. The second-order valence-corrected chi connectivity index (χ2v) is 4.86. The number of hydrogen-bond acceptors (Lipinski definition) is 3. The fraction of sp³-hybridized carbons (Fsp3) is 0.500. The van der Waals surface area contributed by atoms with Crippen molar-refractivity contribution < 1.29 is 4.74 Å². The number of methoxy groups -OCH3 is 1. The average molecular weight is 260 g/mol. The van der Waals surface area contributed by atoms with Crippen molar-refractivity contribution in [1.82, 2.24) is 5.32 Å². The van der Waals surface area contributed by atoms with Crippen molar-refractivity contribution in [2.45, 2.75) is 32.2 Å². The molecule has 3 heteroatoms. The average Bonchev–Trinajstić information content (AvgIpc) is 2.44. The van der Waals surface area contributed by atoms with Crippen molar-refractivity contribution >= 4 is 0 Å². The Hall–Kier alpha value is -1.50. The van der Waals surface area contributed by atoms with Crippen LogP contribution in [0.25, 0.3) is 0 Å². The van der Waals surface area contributed by atoms with Gasteiger partial charge in [0, 0.05) is 25.0 Å². The summed E-state index contributed by atoms with van der Waals surface area (Å²) < 4.78 is 5.39. The highest BCUT2D eigenvalue weighted by Gasteiger charge is 2.23. The van der Waals surface area contributed by atoms with Crippen molar-refractivity contribution in [1.29, 1.82) is 0 Å². The molecule has 0 saturated heterocycles. The van der Waals surface area contributed by atoms with E-state index in [4.69, 9.17) is 10.5 Å². The van der Waals surface area contributed by atoms with Gasteiger partial charge in [0.05, 0.1) is 7.11 Å². The van der Waals surface area contributed by atoms with E-state index in [0.717, 1.165) is 25.1 Å². The molecular formula is C16H24N2O. The topological polar surface area (TPSA) is 47.3 Å². The Kier molecular flexibility index (Phi) is 6.41. The summed E-state index contributed by atoms with van der Waals surface area (Å²) in [7, 11) is 1.70. The standard InChI is InChI=1S/C16H24N2O/c1-4-5-8-11-18-16(2,13-17)12-14-9-6-7-10-15(14)19-3/h6-7,9-10,18H,8,11-13,17H2,1-3H3. The minimum absolute atomic E-state index is 0.135. The molecule has 19 heavy (non-hydrogen) atoms. The second kappa shape index (κ2) is 7.83. The van der Waals surface area contributed by atoms with Crippen LogP contribution in [-0.2, 0) is 6.42 Å². The largest absolute Gasteiger partial charge is 0.496 e. The van der Waals surface area contributed by atoms with Crippen LogP contribution in [0.4, 0.5) is 0 Å². The van der Waals surface area contributed by atoms with Crippen LogP contribution in [0, 0.1) is 11.8 Å². The van der Waals surface area contributed by atoms with Gasteiger partial charge in [-0.05, 0) is 31.9 Å². The Balaban J connectivity index is 2.70. The first-order valence-corrected chi connectivity index (χ1v) is 6.62. The molecule has 3 N–H and O–H groups in total. The lowest BCUT2D eigenvalue weighted by molar-refractivity contribution is 0.353. The molecular weight excluding hydrogens is 236 g/mol. The van der Waals surface area contributed by atoms with Crippen molar-refractivity contribution in [2.24, 2.45) is 5.73 Å². The highest BCUT2D eigenvalue weighted by Crippen LogP contribution is 2.22. The maximum absolute atomic E-state index is 5.92. The number of benzene rings is 1. The molecule has 0 bridgehead atoms. The quantitative estimate of drug-likeness (QED) is 0.582. The molecule has 0 spiro atoms. The molecule has 0 heterocycles. The molecule has 3 nitrogen and oxygen atoms in total. The van der Waals surface area contributed by atoms with E-state index in [1.54, 1.807) is 7.11 Å². The Morgan fingerprint density at radius 1 is 1.37 bits per heavy atom. The van der Waals surface area contributed by atoms with Crippen molar-refractivity contribution in [2.75, 3.05) is 20.2 Å². The molecule has 0 aliphatic heterocycles. The van der Waals surface area contributed by atoms with Gasteiger partial charge in [-0.1, -0.05) is 18.2 Å². The zero-order valence-electron chi connectivity index (χ0n) is 12.1. The number of nitrogens with one attached hydrogen (secondary N) is 1. The predicted molar refractivity (Wildman–Crippen MR) is 80.2 cm³/mol. The van der Waals surface area contributed by atoms with Gasteiger partial charge in [-0.15, -0.1) is 11.8 Å². The first kappa shape index (κ1) is 15.6. The smallest absolute Gasteiger partial charge is 0.122 e. The van der Waals surface area contributed by atoms with Crippen LogP contribution in [0.1, 0.15) is 25.8 Å². The van der Waals surface area contributed by atoms with E-state index in [2.05, 4.69) is 30.1 Å². The third-order valence-corrected chi connectivity index (χ3v) is 3.20. The SMILES string of the molecule is CC#CCCNC(C)(CN)Cc1ccccc1OC. The second-order valence-electron chi connectivity index (χ2n) is 4.86. The summed E-state index contributed by atoms with van der Waals surface area (Å²) in [6.45, 7) is 5.42. The zero-order valence-corrected chi connectivity index (χ0v) is 12.1. The third-order valence-electron chi connectivity index (χ3n) is 3.20. The van der Waals surface area contributed by atoms with Gasteiger partial charge in [-0.2, -0.15) is 0 Å². The molecule has 0 aromatic heterocycles. The minimum atomic E-state index is -0.135. The Bertz CT molecular complexity index is 448. The highest BCUT2D eigenvalue weighted by molar-refractivity contribution is 5.34. The summed E-state index contributed by atoms with van der Waals surface area (Å²) in [6.07, 6.45) is 1.69. The van der Waals surface area contributed by atoms with Crippen LogP contribution >= 0.6 is 0 Å². The molecule has 1 aromatic carbocycles. The molecule has 1 rings (SSSR count). The van der Waals surface area contributed by atoms with E-state index < -0.39 is 0 Å². The fourth-order valence-corrected chi connectivity index (χ4v) is 2.03. The molecule has 0 fully saturated rings. The van der Waals surface area contributed by atoms with Crippen molar-refractivity contribution in [3.05, 3.63) is 29.8 Å². The highest BCUT2D eigenvalue weighted by atomic mass is 16.5. The summed E-state index contributed by atoms with van der Waals surface area (Å²) >= 11 is 0. The first-order chi connectivity index (χ1) is 9.15. The predicted octanol–water partition coefficient (Wildman–Crippen LogP) is 1.96. The Morgan fingerprint density at radius 3 is 2.74 bits per heavy atom. The van der Waals surface area contributed by atoms with E-state index in [-0.39, 0.29) is 5.54 Å². The van der Waals surface area contributed by atoms with E-state index in [9.17, 15) is 0 Å². The Morgan fingerprint density at radius 2 is 2.11 bits per heavy atom. The van der Waals surface area contributed by atoms with Gasteiger partial charge in [-0.25, -0.2) is 0 Å². The fourth-order valence-electron chi connectivity index (χ4n) is 2.03. The monoisotopic (exact) mass is 260 g/mol. The number of para-hydroxylation sites is 1. The minimum Gasteiger partial charge on any atom is -0.496 e. The molecule has 1 aromatic rings. The lowest BCUT2D eigenvalue weighted by Gasteiger charge is -2.30. The molecule has 0 aliphatic rings. The maximum Gasteiger partial charge on any atom is 0.122 e. The van der Waals surface area contributed by atoms with Crippen LogP contribution in [-0.4, -0.2) is 25.7 Å². The number of rotatable bonds is 7. The molecule has 104 valence electrons. The van der Waals surface area contributed by atoms with E-state index >= 15 is 0 Å². The molecule has 1 atom stereocenters. The lowest BCUT2D eigenvalue weighted by Crippen LogP contribution is -2.50. The molecule has 0 aliphatic carbocycles. The van der Waals surface area contributed by atoms with Gasteiger partial charge < -0.3 is 15.8 Å². The zero-order chi connectivity index (χ0) is 14.1. The molecule has 0 saturated carbocycles. The van der Waals surface area contributed by atoms with E-state index in [1.807, 2.05) is 25.1 Å². The van der Waals surface area contributed by atoms with Gasteiger partial charge in [0.25, 0.3) is 0 Å². The number of ether oxygens (including phenoxy) is 1. The van der Waals surface area contributed by atoms with Gasteiger partial charge in [0.1, 0.15) is 5.75 Å². The first-order valence-electron chi connectivity index (χ1n) is 6.62. The van der Waals surface area contributed by atoms with Crippen LogP contribution in [0.3, 0.4) is 0 Å². The summed E-state index contributed by atoms with van der Waals surface area (Å²) in [5, 5.41) is 3.50. The number of hydrogen-bond donors (Lipinski definition) is 2. The normalized spacial score (nSPS) is 13.3. The van der Waals surface area contributed by atoms with Crippen LogP contribution in [0.2, 0.25) is 0 Å². The molecule has 0 amide bonds. The van der Waals surface area contributed by atoms with E-state index in [1.165, 1.54) is 5.56 Å². The summed E-state index contributed by atoms with van der Waals surface area (Å²) in [5.74, 6) is 6.87. The summed E-state index contributed by atoms with van der Waals surface area (Å²) in [6, 6.07) is 8.07. The Labute approximate surface area is 116 Å². The maximum atomic E-state index is 5.92. The summed E-state index contributed by atoms with van der Waals surface area (Å²) in [5.41, 5.74) is 6.96. The summed E-state index contributed by atoms with van der Waals surface area (Å²) in [4.78, 5) is 0. The van der Waals surface area contributed by atoms with Crippen molar-refractivity contribution in [3.63, 3.8) is 0 Å². The number of nitrogens with two attached hydrogens (primary N) is 1. The van der Waals surface area contributed by atoms with Crippen molar-refractivity contribution in [3.8, 4) is 17.6 Å². The lowest BCUT2D eigenvalue weighted by atomic mass is 9.92. The van der Waals surface area contributed by atoms with Gasteiger partial charge in [0.2, 0.25) is 0 Å². The van der Waals surface area contributed by atoms with Crippen LogP contribution < -0.4 is 15.8 Å². The van der Waals surface area contributed by atoms with Crippen LogP contribution in [0.15, 0.2) is 24.3 Å². The molecule has 0 radical (unpaired) electrons. The van der Waals surface area contributed by atoms with Gasteiger partial charge >= 0.3 is 0 Å². The van der Waals surface area contributed by atoms with E-state index in [0.29, 0.717) is 6.54 Å². The third kappa shape index (κ3) is 4.94. The van der Waals surface area contributed by atoms with Crippen LogP contribution in [0.5, 0.6) is 5.75 Å². The van der Waals surface area contributed by atoms with Gasteiger partial charge in [-0.3, -0.25) is 0 Å².